The summed E-state index contributed by atoms with van der Waals surface area (Å²) in [5, 5.41) is 2.60. The first-order chi connectivity index (χ1) is 14.9. The summed E-state index contributed by atoms with van der Waals surface area (Å²) in [6.45, 7) is 8.96. The number of nitrogens with one attached hydrogen (secondary N) is 1. The predicted octanol–water partition coefficient (Wildman–Crippen LogP) is 5.68. The summed E-state index contributed by atoms with van der Waals surface area (Å²) in [6, 6.07) is 1.88. The van der Waals surface area contributed by atoms with Crippen LogP contribution >= 0.6 is 0 Å². The monoisotopic (exact) mass is 500 g/mol. The number of halogens is 6. The average molecular weight is 501 g/mol. The van der Waals surface area contributed by atoms with Gasteiger partial charge >= 0.3 is 12.4 Å². The van der Waals surface area contributed by atoms with Crippen molar-refractivity contribution in [2.24, 2.45) is 0 Å². The molecule has 5 nitrogen and oxygen atoms in total. The topological polar surface area (TPSA) is 50.8 Å². The normalized spacial score (nSPS) is 18.1. The van der Waals surface area contributed by atoms with Gasteiger partial charge in [-0.2, -0.15) is 26.3 Å². The number of rotatable bonds is 8. The first-order valence-corrected chi connectivity index (χ1v) is 13.4. The minimum Gasteiger partial charge on any atom is -0.491 e. The molecule has 12 heteroatoms. The second kappa shape index (κ2) is 9.73. The highest BCUT2D eigenvalue weighted by Gasteiger charge is 2.40. The van der Waals surface area contributed by atoms with Crippen LogP contribution in [0.2, 0.25) is 18.1 Å². The van der Waals surface area contributed by atoms with E-state index in [4.69, 9.17) is 9.16 Å². The van der Waals surface area contributed by atoms with Crippen LogP contribution in [0.3, 0.4) is 0 Å². The molecule has 0 saturated carbocycles. The van der Waals surface area contributed by atoms with Crippen molar-refractivity contribution in [2.45, 2.75) is 63.7 Å². The van der Waals surface area contributed by atoms with Crippen molar-refractivity contribution in [3.05, 3.63) is 23.8 Å². The minimum atomic E-state index is -4.67. The Morgan fingerprint density at radius 2 is 1.70 bits per heavy atom. The number of amides is 1. The second-order valence-corrected chi connectivity index (χ2v) is 14.4. The summed E-state index contributed by atoms with van der Waals surface area (Å²) >= 11 is 0. The average Bonchev–Trinajstić information content (AvgIpc) is 2.95. The van der Waals surface area contributed by atoms with E-state index in [1.165, 1.54) is 6.07 Å². The molecular weight excluding hydrogens is 470 g/mol. The van der Waals surface area contributed by atoms with Gasteiger partial charge in [-0.05, 0) is 36.7 Å². The quantitative estimate of drug-likeness (QED) is 0.284. The smallest absolute Gasteiger partial charge is 0.416 e. The zero-order valence-electron chi connectivity index (χ0n) is 19.3. The lowest BCUT2D eigenvalue weighted by Gasteiger charge is -2.36. The van der Waals surface area contributed by atoms with Gasteiger partial charge in [-0.15, -0.1) is 0 Å². The molecule has 0 aliphatic carbocycles. The fourth-order valence-corrected chi connectivity index (χ4v) is 4.08. The summed E-state index contributed by atoms with van der Waals surface area (Å²) < 4.78 is 89.3. The second-order valence-electron chi connectivity index (χ2n) is 9.56. The van der Waals surface area contributed by atoms with Gasteiger partial charge in [0, 0.05) is 18.3 Å². The number of carbonyl (C=O) groups is 1. The Morgan fingerprint density at radius 1 is 1.06 bits per heavy atom. The van der Waals surface area contributed by atoms with Gasteiger partial charge in [0.1, 0.15) is 24.9 Å². The molecule has 0 unspecified atom stereocenters. The number of benzene rings is 1. The molecule has 1 fully saturated rings. The highest BCUT2D eigenvalue weighted by molar-refractivity contribution is 6.74. The maximum atomic E-state index is 13.4. The summed E-state index contributed by atoms with van der Waals surface area (Å²) in [6.07, 6.45) is -9.18. The lowest BCUT2D eigenvalue weighted by Crippen LogP contribution is -2.41. The minimum absolute atomic E-state index is 0.0228. The molecule has 1 atom stereocenters. The molecule has 1 aromatic carbocycles. The number of nitrogens with zero attached hydrogens (tertiary/aromatic N) is 1. The third-order valence-corrected chi connectivity index (χ3v) is 10.4. The van der Waals surface area contributed by atoms with Crippen molar-refractivity contribution < 1.29 is 40.3 Å². The number of carbonyl (C=O) groups excluding carboxylic acids is 1. The van der Waals surface area contributed by atoms with Crippen molar-refractivity contribution >= 4 is 19.9 Å². The number of alkyl halides is 6. The molecule has 33 heavy (non-hydrogen) atoms. The van der Waals surface area contributed by atoms with Crippen LogP contribution in [0.5, 0.6) is 5.75 Å². The zero-order valence-corrected chi connectivity index (χ0v) is 20.3. The van der Waals surface area contributed by atoms with Crippen LogP contribution in [-0.4, -0.2) is 57.6 Å². The molecule has 1 aliphatic heterocycles. The molecule has 1 aromatic rings. The number of likely N-dealkylation sites (tertiary alicyclic amines) is 1. The molecule has 0 bridgehead atoms. The Hall–Kier alpha value is -1.95. The van der Waals surface area contributed by atoms with Crippen molar-refractivity contribution in [3.63, 3.8) is 0 Å². The van der Waals surface area contributed by atoms with E-state index in [1.54, 1.807) is 0 Å². The predicted molar refractivity (Wildman–Crippen MR) is 115 cm³/mol. The van der Waals surface area contributed by atoms with Gasteiger partial charge in [-0.3, -0.25) is 4.79 Å². The van der Waals surface area contributed by atoms with E-state index in [2.05, 4.69) is 26.1 Å². The standard InChI is InChI=1S/C21H30F6N2O3Si/c1-19(2,3)33(4,5)32-9-8-31-16-11-14(21(25,26)27)10-15(12-16)28-17-6-7-29(18(17)30)13-20(22,23)24/h10-12,17,28H,6-9,13H2,1-5H3/t17-/m1/s1. The maximum Gasteiger partial charge on any atom is 0.416 e. The summed E-state index contributed by atoms with van der Waals surface area (Å²) in [5.74, 6) is -0.890. The molecule has 0 radical (unpaired) electrons. The fraction of sp³-hybridized carbons (Fsp3) is 0.667. The molecule has 188 valence electrons. The van der Waals surface area contributed by atoms with Gasteiger partial charge in [0.15, 0.2) is 8.32 Å². The third kappa shape index (κ3) is 7.80. The van der Waals surface area contributed by atoms with Gasteiger partial charge in [-0.1, -0.05) is 20.8 Å². The Kier molecular flexibility index (Phi) is 8.05. The molecule has 1 amide bonds. The number of anilines is 1. The maximum absolute atomic E-state index is 13.4. The van der Waals surface area contributed by atoms with Crippen molar-refractivity contribution in [1.82, 2.24) is 4.90 Å². The van der Waals surface area contributed by atoms with Crippen molar-refractivity contribution in [1.29, 1.82) is 0 Å². The first-order valence-electron chi connectivity index (χ1n) is 10.5. The van der Waals surface area contributed by atoms with E-state index >= 15 is 0 Å². The third-order valence-electron chi connectivity index (χ3n) is 5.86. The Bertz CT molecular complexity index is 837. The van der Waals surface area contributed by atoms with E-state index in [1.807, 2.05) is 13.1 Å². The van der Waals surface area contributed by atoms with Crippen LogP contribution in [0, 0.1) is 0 Å². The molecule has 1 N–H and O–H groups in total. The van der Waals surface area contributed by atoms with Crippen LogP contribution in [0.25, 0.3) is 0 Å². The van der Waals surface area contributed by atoms with Crippen LogP contribution in [0.15, 0.2) is 18.2 Å². The first kappa shape index (κ1) is 27.3. The zero-order chi connectivity index (χ0) is 25.2. The SMILES string of the molecule is CC(C)(C)[Si](C)(C)OCCOc1cc(N[C@@H]2CCN(CC(F)(F)F)C2=O)cc(C(F)(F)F)c1. The van der Waals surface area contributed by atoms with E-state index in [0.29, 0.717) is 4.90 Å². The largest absolute Gasteiger partial charge is 0.491 e. The van der Waals surface area contributed by atoms with Gasteiger partial charge in [0.2, 0.25) is 5.91 Å². The highest BCUT2D eigenvalue weighted by Crippen LogP contribution is 2.37. The lowest BCUT2D eigenvalue weighted by atomic mass is 10.1. The molecule has 2 rings (SSSR count). The fourth-order valence-electron chi connectivity index (χ4n) is 3.05. The molecule has 1 heterocycles. The Labute approximate surface area is 190 Å². The molecule has 0 spiro atoms. The van der Waals surface area contributed by atoms with Crippen molar-refractivity contribution in [2.75, 3.05) is 31.6 Å². The van der Waals surface area contributed by atoms with E-state index in [-0.39, 0.29) is 42.7 Å². The summed E-state index contributed by atoms with van der Waals surface area (Å²) in [7, 11) is -2.05. The van der Waals surface area contributed by atoms with Gasteiger partial charge < -0.3 is 19.4 Å². The highest BCUT2D eigenvalue weighted by atomic mass is 28.4. The Balaban J connectivity index is 2.09. The van der Waals surface area contributed by atoms with Crippen LogP contribution in [0.4, 0.5) is 32.0 Å². The van der Waals surface area contributed by atoms with Crippen LogP contribution in [-0.2, 0) is 15.4 Å². The number of hydrogen-bond donors (Lipinski definition) is 1. The van der Waals surface area contributed by atoms with E-state index < -0.39 is 44.7 Å². The van der Waals surface area contributed by atoms with Gasteiger partial charge in [-0.25, -0.2) is 0 Å². The number of ether oxygens (including phenoxy) is 1. The Morgan fingerprint density at radius 3 is 2.24 bits per heavy atom. The summed E-state index contributed by atoms with van der Waals surface area (Å²) in [5.41, 5.74) is -1.05. The molecule has 1 aliphatic rings. The number of hydrogen-bond acceptors (Lipinski definition) is 4. The van der Waals surface area contributed by atoms with Gasteiger partial charge in [0.25, 0.3) is 0 Å². The summed E-state index contributed by atoms with van der Waals surface area (Å²) in [4.78, 5) is 12.9. The van der Waals surface area contributed by atoms with Crippen LogP contribution < -0.4 is 10.1 Å². The van der Waals surface area contributed by atoms with Crippen LogP contribution in [0.1, 0.15) is 32.8 Å². The molecule has 0 aromatic heterocycles. The molecular formula is C21H30F6N2O3Si. The molecule has 1 saturated heterocycles. The van der Waals surface area contributed by atoms with E-state index in [0.717, 1.165) is 12.1 Å². The lowest BCUT2D eigenvalue weighted by molar-refractivity contribution is -0.157. The van der Waals surface area contributed by atoms with Crippen molar-refractivity contribution in [3.8, 4) is 5.75 Å². The van der Waals surface area contributed by atoms with E-state index in [9.17, 15) is 31.1 Å². The van der Waals surface area contributed by atoms with Gasteiger partial charge in [0.05, 0.1) is 12.2 Å².